The largest absolute Gasteiger partial charge is 0.316 e. The number of rotatable bonds is 3. The Kier molecular flexibility index (Phi) is 5.05. The minimum atomic E-state index is -3.06. The number of fused-ring (bicyclic) bond motifs is 1. The van der Waals surface area contributed by atoms with E-state index in [0.717, 1.165) is 22.4 Å². The lowest BCUT2D eigenvalue weighted by Crippen LogP contribution is -2.37. The van der Waals surface area contributed by atoms with Gasteiger partial charge in [0.1, 0.15) is 0 Å². The van der Waals surface area contributed by atoms with E-state index in [1.807, 2.05) is 67.3 Å². The van der Waals surface area contributed by atoms with E-state index in [1.54, 1.807) is 0 Å². The fraction of sp³-hybridized carbons (Fsp3) is 0.333. The molecule has 0 aliphatic carbocycles. The third-order valence-corrected chi connectivity index (χ3v) is 8.25. The smallest absolute Gasteiger partial charge is 0.252 e. The van der Waals surface area contributed by atoms with E-state index in [4.69, 9.17) is 0 Å². The van der Waals surface area contributed by atoms with Crippen LogP contribution in [0.5, 0.6) is 0 Å². The second-order valence-corrected chi connectivity index (χ2v) is 10.8. The molecule has 2 heterocycles. The Morgan fingerprint density at radius 1 is 1.11 bits per heavy atom. The first-order valence-corrected chi connectivity index (χ1v) is 11.9. The number of hydrogen-bond donors (Lipinski definition) is 0. The lowest BCUT2D eigenvalue weighted by atomic mass is 10.1. The van der Waals surface area contributed by atoms with Gasteiger partial charge in [-0.3, -0.25) is 4.79 Å². The van der Waals surface area contributed by atoms with E-state index >= 15 is 0 Å². The highest BCUT2D eigenvalue weighted by molar-refractivity contribution is 8.16. The van der Waals surface area contributed by atoms with Crippen LogP contribution in [0.15, 0.2) is 53.5 Å². The van der Waals surface area contributed by atoms with Gasteiger partial charge in [0.2, 0.25) is 0 Å². The number of benzene rings is 2. The Balaban J connectivity index is 1.63. The molecule has 2 aliphatic heterocycles. The summed E-state index contributed by atoms with van der Waals surface area (Å²) in [4.78, 5) is 18.9. The summed E-state index contributed by atoms with van der Waals surface area (Å²) in [7, 11) is -3.06. The van der Waals surface area contributed by atoms with Gasteiger partial charge in [-0.1, -0.05) is 59.3 Å². The number of carbonyl (C=O) groups excluding carboxylic acids is 1. The van der Waals surface area contributed by atoms with Crippen molar-refractivity contribution < 1.29 is 13.2 Å². The monoisotopic (exact) mass is 414 g/mol. The summed E-state index contributed by atoms with van der Waals surface area (Å²) >= 11 is 1.41. The van der Waals surface area contributed by atoms with Crippen molar-refractivity contribution in [3.63, 3.8) is 0 Å². The fourth-order valence-corrected chi connectivity index (χ4v) is 7.65. The van der Waals surface area contributed by atoms with E-state index in [1.165, 1.54) is 11.8 Å². The Hall–Kier alpha value is -2.12. The third-order valence-electron chi connectivity index (χ3n) is 5.04. The van der Waals surface area contributed by atoms with Gasteiger partial charge in [0, 0.05) is 10.9 Å². The number of sulfone groups is 1. The van der Waals surface area contributed by atoms with Crippen LogP contribution in [-0.2, 0) is 21.1 Å². The summed E-state index contributed by atoms with van der Waals surface area (Å²) in [5.74, 6) is 0.0208. The first-order chi connectivity index (χ1) is 13.3. The van der Waals surface area contributed by atoms with Gasteiger partial charge in [0.15, 0.2) is 15.0 Å². The zero-order chi connectivity index (χ0) is 19.9. The number of amides is 1. The molecule has 2 aromatic carbocycles. The quantitative estimate of drug-likeness (QED) is 0.772. The summed E-state index contributed by atoms with van der Waals surface area (Å²) in [6.45, 7) is 4.00. The zero-order valence-corrected chi connectivity index (χ0v) is 17.5. The van der Waals surface area contributed by atoms with Crippen molar-refractivity contribution in [3.8, 4) is 0 Å². The maximum Gasteiger partial charge on any atom is 0.252 e. The molecule has 0 aromatic heterocycles. The molecule has 7 heteroatoms. The molecule has 0 radical (unpaired) electrons. The van der Waals surface area contributed by atoms with E-state index < -0.39 is 9.84 Å². The van der Waals surface area contributed by atoms with Gasteiger partial charge < -0.3 is 4.90 Å². The molecule has 0 saturated carbocycles. The van der Waals surface area contributed by atoms with Crippen LogP contribution in [0.25, 0.3) is 0 Å². The Bertz CT molecular complexity index is 1050. The number of aryl methyl sites for hydroxylation is 2. The predicted octanol–water partition coefficient (Wildman–Crippen LogP) is 3.15. The molecule has 0 N–H and O–H groups in total. The van der Waals surface area contributed by atoms with Gasteiger partial charge in [0.05, 0.1) is 24.0 Å². The van der Waals surface area contributed by atoms with E-state index in [0.29, 0.717) is 5.17 Å². The van der Waals surface area contributed by atoms with Gasteiger partial charge in [-0.05, 0) is 31.5 Å². The fourth-order valence-electron chi connectivity index (χ4n) is 3.71. The van der Waals surface area contributed by atoms with Gasteiger partial charge in [-0.25, -0.2) is 8.42 Å². The summed E-state index contributed by atoms with van der Waals surface area (Å²) in [5, 5.41) is 0.517. The maximum absolute atomic E-state index is 12.6. The average Bonchev–Trinajstić information content (AvgIpc) is 3.06. The number of hydrogen-bond acceptors (Lipinski definition) is 4. The third kappa shape index (κ3) is 4.00. The van der Waals surface area contributed by atoms with Crippen LogP contribution in [0.4, 0.5) is 5.69 Å². The van der Waals surface area contributed by atoms with Crippen molar-refractivity contribution in [2.45, 2.75) is 31.6 Å². The highest BCUT2D eigenvalue weighted by Crippen LogP contribution is 2.41. The molecule has 1 amide bonds. The van der Waals surface area contributed by atoms with Crippen molar-refractivity contribution in [1.82, 2.24) is 0 Å². The molecule has 146 valence electrons. The van der Waals surface area contributed by atoms with Crippen LogP contribution < -0.4 is 4.90 Å². The van der Waals surface area contributed by atoms with Crippen LogP contribution in [0.1, 0.15) is 16.7 Å². The molecule has 2 saturated heterocycles. The van der Waals surface area contributed by atoms with E-state index in [2.05, 4.69) is 4.99 Å². The molecule has 5 nitrogen and oxygen atoms in total. The second-order valence-electron chi connectivity index (χ2n) is 7.46. The van der Waals surface area contributed by atoms with E-state index in [9.17, 15) is 13.2 Å². The number of carbonyl (C=O) groups is 1. The van der Waals surface area contributed by atoms with Gasteiger partial charge in [0.25, 0.3) is 5.91 Å². The molecular weight excluding hydrogens is 392 g/mol. The van der Waals surface area contributed by atoms with Crippen molar-refractivity contribution in [2.24, 2.45) is 4.99 Å². The normalized spacial score (nSPS) is 24.5. The van der Waals surface area contributed by atoms with Gasteiger partial charge in [-0.15, -0.1) is 0 Å². The van der Waals surface area contributed by atoms with Crippen LogP contribution in [0, 0.1) is 13.8 Å². The molecule has 2 aromatic rings. The highest BCUT2D eigenvalue weighted by Gasteiger charge is 2.49. The molecule has 0 spiro atoms. The lowest BCUT2D eigenvalue weighted by molar-refractivity contribution is -0.117. The van der Waals surface area contributed by atoms with E-state index in [-0.39, 0.29) is 35.1 Å². The van der Waals surface area contributed by atoms with Crippen LogP contribution in [-0.4, -0.2) is 42.3 Å². The zero-order valence-electron chi connectivity index (χ0n) is 15.8. The lowest BCUT2D eigenvalue weighted by Gasteiger charge is -2.24. The number of nitrogens with zero attached hydrogens (tertiary/aromatic N) is 2. The number of aliphatic imine (C=N–C) groups is 1. The van der Waals surface area contributed by atoms with Crippen LogP contribution in [0.3, 0.4) is 0 Å². The van der Waals surface area contributed by atoms with Crippen LogP contribution >= 0.6 is 11.8 Å². The molecule has 0 bridgehead atoms. The van der Waals surface area contributed by atoms with Gasteiger partial charge >= 0.3 is 0 Å². The summed E-state index contributed by atoms with van der Waals surface area (Å²) in [6.07, 6.45) is 0.237. The minimum Gasteiger partial charge on any atom is -0.316 e. The Morgan fingerprint density at radius 3 is 2.57 bits per heavy atom. The molecule has 4 rings (SSSR count). The van der Waals surface area contributed by atoms with Gasteiger partial charge in [-0.2, -0.15) is 4.99 Å². The highest BCUT2D eigenvalue weighted by atomic mass is 32.2. The number of amidine groups is 1. The van der Waals surface area contributed by atoms with Crippen molar-refractivity contribution in [3.05, 3.63) is 65.2 Å². The molecule has 0 unspecified atom stereocenters. The first-order valence-electron chi connectivity index (χ1n) is 9.21. The number of thioether (sulfide) groups is 1. The molecule has 28 heavy (non-hydrogen) atoms. The Morgan fingerprint density at radius 2 is 1.86 bits per heavy atom. The van der Waals surface area contributed by atoms with Crippen molar-refractivity contribution in [2.75, 3.05) is 16.4 Å². The summed E-state index contributed by atoms with van der Waals surface area (Å²) in [6, 6.07) is 15.6. The van der Waals surface area contributed by atoms with Crippen molar-refractivity contribution >= 4 is 38.4 Å². The first kappa shape index (κ1) is 19.2. The maximum atomic E-state index is 12.6. The number of anilines is 1. The van der Waals surface area contributed by atoms with Crippen LogP contribution in [0.2, 0.25) is 0 Å². The standard InChI is InChI=1S/C21H22N2O3S2/c1-14-6-8-17(9-7-14)23-18-12-28(25,26)13-19(18)27-21(23)22-20(24)11-16-5-3-4-15(2)10-16/h3-10,18-19H,11-13H2,1-2H3/t18-,19+/m0/s1. The predicted molar refractivity (Wildman–Crippen MR) is 115 cm³/mol. The molecule has 2 fully saturated rings. The summed E-state index contributed by atoms with van der Waals surface area (Å²) < 4.78 is 24.3. The van der Waals surface area contributed by atoms with Crippen molar-refractivity contribution in [1.29, 1.82) is 0 Å². The Labute approximate surface area is 169 Å². The molecule has 2 aliphatic rings. The summed E-state index contributed by atoms with van der Waals surface area (Å²) in [5.41, 5.74) is 4.04. The second kappa shape index (κ2) is 7.37. The molecular formula is C21H22N2O3S2. The minimum absolute atomic E-state index is 0.0863. The molecule has 2 atom stereocenters. The average molecular weight is 415 g/mol. The SMILES string of the molecule is Cc1ccc(N2C(=NC(=O)Cc3cccc(C)c3)S[C@@H]3CS(=O)(=O)C[C@@H]32)cc1. The topological polar surface area (TPSA) is 66.8 Å².